The molecule has 62 valence electrons. The second-order valence-corrected chi connectivity index (χ2v) is 0.999. The summed E-state index contributed by atoms with van der Waals surface area (Å²) in [6.07, 6.45) is 0. The van der Waals surface area contributed by atoms with Gasteiger partial charge in [-0.2, -0.15) is 0 Å². The van der Waals surface area contributed by atoms with Gasteiger partial charge in [-0.15, -0.1) is 5.34 Å². The SMILES string of the molecule is CCOC(C)=O.O=N[O-].[Na+].[Na+].[OH-]. The number of rotatable bonds is 1. The van der Waals surface area contributed by atoms with Gasteiger partial charge in [0, 0.05) is 6.92 Å². The van der Waals surface area contributed by atoms with Crippen molar-refractivity contribution in [2.24, 2.45) is 5.34 Å². The van der Waals surface area contributed by atoms with Crippen molar-refractivity contribution in [2.45, 2.75) is 13.8 Å². The number of hydrogen-bond acceptors (Lipinski definition) is 6. The van der Waals surface area contributed by atoms with Crippen LogP contribution in [0.25, 0.3) is 0 Å². The zero-order valence-corrected chi connectivity index (χ0v) is 11.7. The van der Waals surface area contributed by atoms with E-state index in [1.165, 1.54) is 6.92 Å². The van der Waals surface area contributed by atoms with Gasteiger partial charge in [0.25, 0.3) is 0 Å². The molecule has 0 aromatic carbocycles. The van der Waals surface area contributed by atoms with Crippen molar-refractivity contribution in [3.63, 3.8) is 0 Å². The Balaban J connectivity index is -0.0000000246. The number of carbonyl (C=O) groups is 1. The Morgan fingerprint density at radius 2 is 1.75 bits per heavy atom. The maximum atomic E-state index is 9.82. The molecule has 0 rings (SSSR count). The van der Waals surface area contributed by atoms with E-state index in [-0.39, 0.29) is 70.6 Å². The van der Waals surface area contributed by atoms with Crippen LogP contribution in [0.15, 0.2) is 5.34 Å². The molecular formula is C4H9NNa2O5. The molecule has 0 amide bonds. The quantitative estimate of drug-likeness (QED) is 0.180. The van der Waals surface area contributed by atoms with Crippen LogP contribution in [0.1, 0.15) is 13.8 Å². The number of nitrogens with zero attached hydrogens (tertiary/aromatic N) is 1. The number of carbonyl (C=O) groups excluding carboxylic acids is 1. The summed E-state index contributed by atoms with van der Waals surface area (Å²) in [5, 5.41) is 9.00. The predicted octanol–water partition coefficient (Wildman–Crippen LogP) is -5.35. The molecule has 12 heavy (non-hydrogen) atoms. The van der Waals surface area contributed by atoms with Crippen molar-refractivity contribution < 1.29 is 74.1 Å². The number of ether oxygens (including phenoxy) is 1. The summed E-state index contributed by atoms with van der Waals surface area (Å²) in [5.41, 5.74) is 0. The predicted molar refractivity (Wildman–Crippen MR) is 33.4 cm³/mol. The summed E-state index contributed by atoms with van der Waals surface area (Å²) >= 11 is 0. The van der Waals surface area contributed by atoms with Gasteiger partial charge in [0.2, 0.25) is 0 Å². The van der Waals surface area contributed by atoms with Gasteiger partial charge in [0.05, 0.1) is 6.61 Å². The zero-order valence-electron chi connectivity index (χ0n) is 7.73. The van der Waals surface area contributed by atoms with Crippen LogP contribution in [-0.2, 0) is 9.53 Å². The fourth-order valence-electron chi connectivity index (χ4n) is 0.203. The van der Waals surface area contributed by atoms with Crippen LogP contribution < -0.4 is 59.1 Å². The Hall–Kier alpha value is 0.830. The van der Waals surface area contributed by atoms with Crippen LogP contribution in [0, 0.1) is 10.1 Å². The number of hydrogen-bond donors (Lipinski definition) is 0. The summed E-state index contributed by atoms with van der Waals surface area (Å²) in [5.74, 6) is -0.211. The molecule has 0 bridgehead atoms. The van der Waals surface area contributed by atoms with Crippen LogP contribution >= 0.6 is 0 Å². The van der Waals surface area contributed by atoms with Crippen molar-refractivity contribution in [3.05, 3.63) is 10.1 Å². The summed E-state index contributed by atoms with van der Waals surface area (Å²) < 4.78 is 4.40. The summed E-state index contributed by atoms with van der Waals surface area (Å²) in [6.45, 7) is 3.65. The largest absolute Gasteiger partial charge is 1.00 e. The van der Waals surface area contributed by atoms with E-state index >= 15 is 0 Å². The molecular weight excluding hydrogens is 188 g/mol. The van der Waals surface area contributed by atoms with Crippen LogP contribution in [0.2, 0.25) is 0 Å². The van der Waals surface area contributed by atoms with Gasteiger partial charge < -0.3 is 20.3 Å². The third-order valence-corrected chi connectivity index (χ3v) is 0.348. The first-order valence-corrected chi connectivity index (χ1v) is 2.27. The normalized spacial score (nSPS) is 4.83. The van der Waals surface area contributed by atoms with Gasteiger partial charge in [-0.3, -0.25) is 4.79 Å². The monoisotopic (exact) mass is 197 g/mol. The third kappa shape index (κ3) is 71.3. The third-order valence-electron chi connectivity index (χ3n) is 0.348. The topological polar surface area (TPSA) is 109 Å². The average Bonchev–Trinajstić information content (AvgIpc) is 1.67. The molecule has 0 atom stereocenters. The maximum Gasteiger partial charge on any atom is 1.00 e. The minimum atomic E-state index is -0.211. The van der Waals surface area contributed by atoms with Gasteiger partial charge >= 0.3 is 65.1 Å². The molecule has 0 unspecified atom stereocenters. The van der Waals surface area contributed by atoms with E-state index in [0.717, 1.165) is 5.34 Å². The second-order valence-electron chi connectivity index (χ2n) is 0.999. The van der Waals surface area contributed by atoms with Gasteiger partial charge in [0.1, 0.15) is 0 Å². The molecule has 6 nitrogen and oxygen atoms in total. The molecule has 0 aliphatic rings. The molecule has 0 spiro atoms. The Labute approximate surface area is 115 Å². The van der Waals surface area contributed by atoms with Gasteiger partial charge in [0.15, 0.2) is 0 Å². The fraction of sp³-hybridized carbons (Fsp3) is 0.750. The standard InChI is InChI=1S/C4H8O2.HNO2.2Na.H2O/c1-3-6-4(2)5;2-1-3;;;/h3H2,1-2H3;(H,2,3);;;1H2/q;;2*+1;/p-2. The van der Waals surface area contributed by atoms with Gasteiger partial charge in [-0.1, -0.05) is 0 Å². The molecule has 0 heterocycles. The van der Waals surface area contributed by atoms with Crippen molar-refractivity contribution in [3.8, 4) is 0 Å². The maximum absolute atomic E-state index is 9.82. The Bertz CT molecular complexity index is 91.5. The van der Waals surface area contributed by atoms with Crippen molar-refractivity contribution >= 4 is 5.97 Å². The van der Waals surface area contributed by atoms with E-state index < -0.39 is 0 Å². The van der Waals surface area contributed by atoms with Crippen LogP contribution in [0.3, 0.4) is 0 Å². The van der Waals surface area contributed by atoms with Crippen molar-refractivity contribution in [2.75, 3.05) is 6.61 Å². The second kappa shape index (κ2) is 29.7. The van der Waals surface area contributed by atoms with Crippen LogP contribution in [-0.4, -0.2) is 18.1 Å². The molecule has 0 aromatic heterocycles. The van der Waals surface area contributed by atoms with E-state index in [9.17, 15) is 4.79 Å². The molecule has 0 saturated carbocycles. The van der Waals surface area contributed by atoms with E-state index in [0.29, 0.717) is 6.61 Å². The molecule has 0 aliphatic heterocycles. The first-order valence-electron chi connectivity index (χ1n) is 2.27. The smallest absolute Gasteiger partial charge is 0.870 e. The average molecular weight is 197 g/mol. The molecule has 1 N–H and O–H groups in total. The Morgan fingerprint density at radius 3 is 1.75 bits per heavy atom. The molecule has 0 aliphatic carbocycles. The van der Waals surface area contributed by atoms with Gasteiger partial charge in [-0.05, 0) is 6.92 Å². The Morgan fingerprint density at radius 1 is 1.50 bits per heavy atom. The Kier molecular flexibility index (Phi) is 72.6. The van der Waals surface area contributed by atoms with E-state index in [1.807, 2.05) is 0 Å². The van der Waals surface area contributed by atoms with Crippen LogP contribution in [0.4, 0.5) is 0 Å². The van der Waals surface area contributed by atoms with Gasteiger partial charge in [-0.25, -0.2) is 0 Å². The summed E-state index contributed by atoms with van der Waals surface area (Å²) in [7, 11) is 0. The first kappa shape index (κ1) is 29.3. The fourth-order valence-corrected chi connectivity index (χ4v) is 0.203. The molecule has 0 fully saturated rings. The number of esters is 1. The molecule has 0 aromatic rings. The summed E-state index contributed by atoms with van der Waals surface area (Å²) in [4.78, 5) is 17.8. The molecule has 0 saturated heterocycles. The first-order chi connectivity index (χ1) is 4.18. The van der Waals surface area contributed by atoms with E-state index in [4.69, 9.17) is 10.1 Å². The minimum Gasteiger partial charge on any atom is -0.870 e. The zero-order chi connectivity index (χ0) is 7.70. The van der Waals surface area contributed by atoms with E-state index in [1.54, 1.807) is 6.92 Å². The minimum absolute atomic E-state index is 0. The molecule has 0 radical (unpaired) electrons. The van der Waals surface area contributed by atoms with Crippen LogP contribution in [0.5, 0.6) is 0 Å². The van der Waals surface area contributed by atoms with Crippen molar-refractivity contribution in [1.29, 1.82) is 0 Å². The summed E-state index contributed by atoms with van der Waals surface area (Å²) in [6, 6.07) is 0. The van der Waals surface area contributed by atoms with E-state index in [2.05, 4.69) is 4.74 Å². The molecule has 8 heteroatoms. The van der Waals surface area contributed by atoms with Crippen molar-refractivity contribution in [1.82, 2.24) is 0 Å².